The summed E-state index contributed by atoms with van der Waals surface area (Å²) in [5, 5.41) is 11.3. The highest BCUT2D eigenvalue weighted by Gasteiger charge is 2.15. The topological polar surface area (TPSA) is 79.3 Å². The predicted octanol–water partition coefficient (Wildman–Crippen LogP) is 1.83. The summed E-state index contributed by atoms with van der Waals surface area (Å²) in [6.07, 6.45) is 1.93. The van der Waals surface area contributed by atoms with Gasteiger partial charge in [0.25, 0.3) is 5.91 Å². The molecule has 0 aliphatic heterocycles. The zero-order valence-corrected chi connectivity index (χ0v) is 10.9. The Morgan fingerprint density at radius 2 is 2.24 bits per heavy atom. The van der Waals surface area contributed by atoms with Crippen molar-refractivity contribution in [3.05, 3.63) is 28.5 Å². The van der Waals surface area contributed by atoms with Gasteiger partial charge in [-0.1, -0.05) is 6.92 Å². The molecule has 1 amide bonds. The van der Waals surface area contributed by atoms with Gasteiger partial charge in [-0.3, -0.25) is 9.59 Å². The largest absolute Gasteiger partial charge is 0.481 e. The Morgan fingerprint density at radius 3 is 2.71 bits per heavy atom. The fourth-order valence-corrected chi connectivity index (χ4v) is 1.52. The van der Waals surface area contributed by atoms with Crippen LogP contribution in [0.15, 0.2) is 22.9 Å². The van der Waals surface area contributed by atoms with Gasteiger partial charge < -0.3 is 10.4 Å². The quantitative estimate of drug-likeness (QED) is 0.813. The van der Waals surface area contributed by atoms with Crippen molar-refractivity contribution in [1.29, 1.82) is 0 Å². The summed E-state index contributed by atoms with van der Waals surface area (Å²) in [6, 6.07) is 2.93. The van der Waals surface area contributed by atoms with Crippen molar-refractivity contribution in [3.63, 3.8) is 0 Å². The van der Waals surface area contributed by atoms with Crippen LogP contribution in [0.2, 0.25) is 0 Å². The molecule has 0 aliphatic carbocycles. The second-order valence-corrected chi connectivity index (χ2v) is 4.36. The van der Waals surface area contributed by atoms with E-state index in [1.165, 1.54) is 6.20 Å². The Hall–Kier alpha value is -1.43. The molecule has 0 saturated carbocycles. The summed E-state index contributed by atoms with van der Waals surface area (Å²) in [5.74, 6) is -1.23. The van der Waals surface area contributed by atoms with E-state index in [0.717, 1.165) is 0 Å². The molecule has 17 heavy (non-hydrogen) atoms. The third-order valence-corrected chi connectivity index (χ3v) is 2.71. The maximum atomic E-state index is 11.7. The first-order valence-electron chi connectivity index (χ1n) is 5.17. The molecule has 1 atom stereocenters. The highest BCUT2D eigenvalue weighted by atomic mass is 79.9. The van der Waals surface area contributed by atoms with Crippen molar-refractivity contribution in [1.82, 2.24) is 10.3 Å². The molecule has 92 valence electrons. The summed E-state index contributed by atoms with van der Waals surface area (Å²) < 4.78 is 0.645. The minimum Gasteiger partial charge on any atom is -0.481 e. The van der Waals surface area contributed by atoms with E-state index in [1.807, 2.05) is 6.92 Å². The van der Waals surface area contributed by atoms with E-state index in [-0.39, 0.29) is 18.4 Å². The smallest absolute Gasteiger partial charge is 0.305 e. The number of aliphatic carboxylic acids is 1. The van der Waals surface area contributed by atoms with Crippen molar-refractivity contribution in [2.24, 2.45) is 0 Å². The molecule has 5 nitrogen and oxygen atoms in total. The third-order valence-electron chi connectivity index (χ3n) is 2.24. The van der Waals surface area contributed by atoms with Crippen LogP contribution < -0.4 is 5.32 Å². The van der Waals surface area contributed by atoms with Crippen LogP contribution in [-0.2, 0) is 4.79 Å². The number of hydrogen-bond acceptors (Lipinski definition) is 3. The Bertz CT molecular complexity index is 406. The standard InChI is InChI=1S/C11H13BrN2O3/c1-2-8(5-10(15)16)14-11(17)7-3-4-9(12)13-6-7/h3-4,6,8H,2,5H2,1H3,(H,14,17)(H,15,16). The second-order valence-electron chi connectivity index (χ2n) is 3.55. The normalized spacial score (nSPS) is 11.9. The Labute approximate surface area is 107 Å². The SMILES string of the molecule is CCC(CC(=O)O)NC(=O)c1ccc(Br)nc1. The average molecular weight is 301 g/mol. The van der Waals surface area contributed by atoms with Crippen molar-refractivity contribution in [3.8, 4) is 0 Å². The summed E-state index contributed by atoms with van der Waals surface area (Å²) in [4.78, 5) is 26.2. The molecule has 0 saturated heterocycles. The van der Waals surface area contributed by atoms with Crippen LogP contribution >= 0.6 is 15.9 Å². The van der Waals surface area contributed by atoms with Gasteiger partial charge >= 0.3 is 5.97 Å². The fourth-order valence-electron chi connectivity index (χ4n) is 1.29. The van der Waals surface area contributed by atoms with Gasteiger partial charge in [0.1, 0.15) is 4.60 Å². The van der Waals surface area contributed by atoms with Gasteiger partial charge in [-0.05, 0) is 34.5 Å². The molecule has 0 bridgehead atoms. The molecule has 0 fully saturated rings. The number of rotatable bonds is 5. The van der Waals surface area contributed by atoms with Crippen LogP contribution in [0.4, 0.5) is 0 Å². The van der Waals surface area contributed by atoms with E-state index < -0.39 is 5.97 Å². The molecule has 0 aromatic carbocycles. The van der Waals surface area contributed by atoms with Gasteiger partial charge in [-0.15, -0.1) is 0 Å². The number of carbonyl (C=O) groups is 2. The first kappa shape index (κ1) is 13.6. The number of nitrogens with one attached hydrogen (secondary N) is 1. The molecule has 2 N–H and O–H groups in total. The number of carboxylic acids is 1. The fraction of sp³-hybridized carbons (Fsp3) is 0.364. The van der Waals surface area contributed by atoms with Crippen LogP contribution in [0, 0.1) is 0 Å². The number of carbonyl (C=O) groups excluding carboxylic acids is 1. The van der Waals surface area contributed by atoms with E-state index in [0.29, 0.717) is 16.6 Å². The lowest BCUT2D eigenvalue weighted by Gasteiger charge is -2.14. The van der Waals surface area contributed by atoms with Gasteiger partial charge in [0.15, 0.2) is 0 Å². The lowest BCUT2D eigenvalue weighted by Crippen LogP contribution is -2.36. The summed E-state index contributed by atoms with van der Waals surface area (Å²) in [5.41, 5.74) is 0.414. The van der Waals surface area contributed by atoms with Gasteiger partial charge in [0.05, 0.1) is 12.0 Å². The van der Waals surface area contributed by atoms with Crippen LogP contribution in [0.3, 0.4) is 0 Å². The molecule has 1 heterocycles. The monoisotopic (exact) mass is 300 g/mol. The molecule has 6 heteroatoms. The van der Waals surface area contributed by atoms with E-state index in [2.05, 4.69) is 26.2 Å². The lowest BCUT2D eigenvalue weighted by atomic mass is 10.1. The van der Waals surface area contributed by atoms with Gasteiger partial charge in [-0.2, -0.15) is 0 Å². The van der Waals surface area contributed by atoms with E-state index >= 15 is 0 Å². The van der Waals surface area contributed by atoms with Crippen LogP contribution in [-0.4, -0.2) is 28.0 Å². The van der Waals surface area contributed by atoms with Crippen LogP contribution in [0.25, 0.3) is 0 Å². The zero-order chi connectivity index (χ0) is 12.8. The third kappa shape index (κ3) is 4.52. The Balaban J connectivity index is 2.64. The maximum absolute atomic E-state index is 11.7. The van der Waals surface area contributed by atoms with Crippen molar-refractivity contribution >= 4 is 27.8 Å². The molecular formula is C11H13BrN2O3. The molecule has 0 spiro atoms. The van der Waals surface area contributed by atoms with Crippen molar-refractivity contribution < 1.29 is 14.7 Å². The van der Waals surface area contributed by atoms with Crippen LogP contribution in [0.1, 0.15) is 30.1 Å². The molecule has 1 rings (SSSR count). The predicted molar refractivity (Wildman–Crippen MR) is 65.7 cm³/mol. The molecule has 1 aromatic heterocycles. The summed E-state index contributed by atoms with van der Waals surface area (Å²) in [7, 11) is 0. The number of nitrogens with zero attached hydrogens (tertiary/aromatic N) is 1. The average Bonchev–Trinajstić information content (AvgIpc) is 2.28. The zero-order valence-electron chi connectivity index (χ0n) is 9.31. The minimum atomic E-state index is -0.925. The number of aromatic nitrogens is 1. The Kier molecular flexibility index (Phi) is 5.09. The number of pyridine rings is 1. The summed E-state index contributed by atoms with van der Waals surface area (Å²) >= 11 is 3.17. The first-order valence-corrected chi connectivity index (χ1v) is 5.96. The number of hydrogen-bond donors (Lipinski definition) is 2. The highest BCUT2D eigenvalue weighted by molar-refractivity contribution is 9.10. The number of halogens is 1. The Morgan fingerprint density at radius 1 is 1.53 bits per heavy atom. The van der Waals surface area contributed by atoms with Gasteiger partial charge in [-0.25, -0.2) is 4.98 Å². The maximum Gasteiger partial charge on any atom is 0.305 e. The summed E-state index contributed by atoms with van der Waals surface area (Å²) in [6.45, 7) is 1.83. The van der Waals surface area contributed by atoms with Gasteiger partial charge in [0.2, 0.25) is 0 Å². The van der Waals surface area contributed by atoms with Crippen molar-refractivity contribution in [2.45, 2.75) is 25.8 Å². The molecule has 1 aromatic rings. The van der Waals surface area contributed by atoms with E-state index in [1.54, 1.807) is 12.1 Å². The molecule has 0 radical (unpaired) electrons. The highest BCUT2D eigenvalue weighted by Crippen LogP contribution is 2.07. The minimum absolute atomic E-state index is 0.0772. The molecule has 1 unspecified atom stereocenters. The first-order chi connectivity index (χ1) is 8.02. The molecule has 0 aliphatic rings. The number of carboxylic acid groups (broad SMARTS) is 1. The van der Waals surface area contributed by atoms with Crippen LogP contribution in [0.5, 0.6) is 0 Å². The lowest BCUT2D eigenvalue weighted by molar-refractivity contribution is -0.137. The van der Waals surface area contributed by atoms with E-state index in [9.17, 15) is 9.59 Å². The van der Waals surface area contributed by atoms with Crippen molar-refractivity contribution in [2.75, 3.05) is 0 Å². The van der Waals surface area contributed by atoms with Gasteiger partial charge in [0, 0.05) is 12.2 Å². The molecular weight excluding hydrogens is 288 g/mol. The number of amides is 1. The second kappa shape index (κ2) is 6.34. The van der Waals surface area contributed by atoms with E-state index in [4.69, 9.17) is 5.11 Å².